The molecular formula is C21H21NO3. The molecule has 0 aliphatic carbocycles. The van der Waals surface area contributed by atoms with Crippen LogP contribution in [0.15, 0.2) is 72.3 Å². The molecule has 1 aliphatic heterocycles. The molecule has 0 radical (unpaired) electrons. The van der Waals surface area contributed by atoms with E-state index >= 15 is 0 Å². The van der Waals surface area contributed by atoms with Crippen molar-refractivity contribution in [2.75, 3.05) is 0 Å². The van der Waals surface area contributed by atoms with Crippen LogP contribution in [-0.4, -0.2) is 17.5 Å². The molecule has 0 aromatic heterocycles. The molecule has 1 heterocycles. The first-order valence-corrected chi connectivity index (χ1v) is 8.35. The number of carbonyl (C=O) groups is 2. The second kappa shape index (κ2) is 7.34. The Hall–Kier alpha value is -2.88. The van der Waals surface area contributed by atoms with Crippen LogP contribution in [0, 0.1) is 0 Å². The molecular weight excluding hydrogens is 314 g/mol. The van der Waals surface area contributed by atoms with Gasteiger partial charge in [-0.05, 0) is 18.1 Å². The number of ether oxygens (including phenoxy) is 1. The molecule has 0 fully saturated rings. The lowest BCUT2D eigenvalue weighted by atomic mass is 9.87. The average Bonchev–Trinajstić information content (AvgIpc) is 2.64. The second-order valence-corrected chi connectivity index (χ2v) is 6.31. The van der Waals surface area contributed by atoms with Gasteiger partial charge in [-0.25, -0.2) is 4.79 Å². The summed E-state index contributed by atoms with van der Waals surface area (Å²) in [6, 6.07) is 19.3. The lowest BCUT2D eigenvalue weighted by Crippen LogP contribution is -2.52. The standard InChI is InChI=1S/C21H21NO3/c1-16-12-13-21(25-19(16)23,14-17-8-4-2-5-9-17)20(24)22-15-18-10-6-3-7-11-18/h2-12H,13-15H2,1H3,(H,22,24). The maximum atomic E-state index is 12.9. The van der Waals surface area contributed by atoms with Gasteiger partial charge in [0, 0.05) is 25.0 Å². The Bertz CT molecular complexity index is 783. The van der Waals surface area contributed by atoms with E-state index in [1.54, 1.807) is 13.0 Å². The molecule has 4 heteroatoms. The molecule has 3 rings (SSSR count). The van der Waals surface area contributed by atoms with Crippen molar-refractivity contribution >= 4 is 11.9 Å². The maximum Gasteiger partial charge on any atom is 0.334 e. The number of cyclic esters (lactones) is 1. The van der Waals surface area contributed by atoms with E-state index in [0.717, 1.165) is 11.1 Å². The van der Waals surface area contributed by atoms with Crippen molar-refractivity contribution in [3.63, 3.8) is 0 Å². The summed E-state index contributed by atoms with van der Waals surface area (Å²) in [5, 5.41) is 2.92. The van der Waals surface area contributed by atoms with E-state index in [0.29, 0.717) is 25.0 Å². The molecule has 0 saturated heterocycles. The first kappa shape index (κ1) is 17.0. The molecule has 1 amide bonds. The molecule has 128 valence electrons. The molecule has 1 aliphatic rings. The minimum absolute atomic E-state index is 0.266. The normalized spacial score (nSPS) is 19.7. The van der Waals surface area contributed by atoms with Gasteiger partial charge in [0.15, 0.2) is 5.60 Å². The highest BCUT2D eigenvalue weighted by molar-refractivity contribution is 5.95. The Kier molecular flexibility index (Phi) is 4.98. The van der Waals surface area contributed by atoms with E-state index in [9.17, 15) is 9.59 Å². The summed E-state index contributed by atoms with van der Waals surface area (Å²) in [6.07, 6.45) is 2.51. The topological polar surface area (TPSA) is 55.4 Å². The van der Waals surface area contributed by atoms with Crippen LogP contribution < -0.4 is 5.32 Å². The van der Waals surface area contributed by atoms with E-state index in [1.165, 1.54) is 0 Å². The quantitative estimate of drug-likeness (QED) is 0.854. The molecule has 0 spiro atoms. The Morgan fingerprint density at radius 2 is 1.64 bits per heavy atom. The van der Waals surface area contributed by atoms with E-state index in [-0.39, 0.29) is 5.91 Å². The van der Waals surface area contributed by atoms with Gasteiger partial charge >= 0.3 is 5.97 Å². The van der Waals surface area contributed by atoms with E-state index in [1.807, 2.05) is 60.7 Å². The van der Waals surface area contributed by atoms with Crippen molar-refractivity contribution < 1.29 is 14.3 Å². The van der Waals surface area contributed by atoms with Gasteiger partial charge in [-0.3, -0.25) is 4.79 Å². The van der Waals surface area contributed by atoms with Crippen LogP contribution >= 0.6 is 0 Å². The van der Waals surface area contributed by atoms with Crippen molar-refractivity contribution in [1.82, 2.24) is 5.32 Å². The molecule has 1 unspecified atom stereocenters. The van der Waals surface area contributed by atoms with Crippen molar-refractivity contribution in [3.8, 4) is 0 Å². The van der Waals surface area contributed by atoms with Crippen LogP contribution in [0.1, 0.15) is 24.5 Å². The van der Waals surface area contributed by atoms with E-state index < -0.39 is 11.6 Å². The third-order valence-corrected chi connectivity index (χ3v) is 4.39. The zero-order chi connectivity index (χ0) is 17.7. The number of hydrogen-bond donors (Lipinski definition) is 1. The number of esters is 1. The Balaban J connectivity index is 1.81. The first-order valence-electron chi connectivity index (χ1n) is 8.35. The van der Waals surface area contributed by atoms with E-state index in [4.69, 9.17) is 4.74 Å². The van der Waals surface area contributed by atoms with Crippen LogP contribution in [0.25, 0.3) is 0 Å². The largest absolute Gasteiger partial charge is 0.445 e. The number of benzene rings is 2. The maximum absolute atomic E-state index is 12.9. The molecule has 25 heavy (non-hydrogen) atoms. The van der Waals surface area contributed by atoms with Crippen LogP contribution in [0.2, 0.25) is 0 Å². The summed E-state index contributed by atoms with van der Waals surface area (Å²) < 4.78 is 5.62. The lowest BCUT2D eigenvalue weighted by Gasteiger charge is -2.34. The predicted molar refractivity (Wildman–Crippen MR) is 95.6 cm³/mol. The third-order valence-electron chi connectivity index (χ3n) is 4.39. The predicted octanol–water partition coefficient (Wildman–Crippen LogP) is 3.18. The SMILES string of the molecule is CC1=CCC(Cc2ccccc2)(C(=O)NCc2ccccc2)OC1=O. The molecule has 4 nitrogen and oxygen atoms in total. The van der Waals surface area contributed by atoms with Crippen molar-refractivity contribution in [1.29, 1.82) is 0 Å². The average molecular weight is 335 g/mol. The highest BCUT2D eigenvalue weighted by Crippen LogP contribution is 2.29. The highest BCUT2D eigenvalue weighted by Gasteiger charge is 2.44. The lowest BCUT2D eigenvalue weighted by molar-refractivity contribution is -0.167. The van der Waals surface area contributed by atoms with Crippen molar-refractivity contribution in [2.24, 2.45) is 0 Å². The van der Waals surface area contributed by atoms with Gasteiger partial charge < -0.3 is 10.1 Å². The number of hydrogen-bond acceptors (Lipinski definition) is 3. The van der Waals surface area contributed by atoms with Gasteiger partial charge in [-0.2, -0.15) is 0 Å². The van der Waals surface area contributed by atoms with Crippen molar-refractivity contribution in [2.45, 2.75) is 31.9 Å². The summed E-state index contributed by atoms with van der Waals surface area (Å²) in [5.41, 5.74) is 1.30. The molecule has 0 bridgehead atoms. The fraction of sp³-hybridized carbons (Fsp3) is 0.238. The van der Waals surface area contributed by atoms with Crippen LogP contribution in [0.5, 0.6) is 0 Å². The molecule has 2 aromatic carbocycles. The van der Waals surface area contributed by atoms with Gasteiger partial charge in [0.05, 0.1) is 0 Å². The smallest absolute Gasteiger partial charge is 0.334 e. The Labute approximate surface area is 147 Å². The van der Waals surface area contributed by atoms with Crippen molar-refractivity contribution in [3.05, 3.63) is 83.4 Å². The zero-order valence-electron chi connectivity index (χ0n) is 14.2. The van der Waals surface area contributed by atoms with Crippen LogP contribution in [0.3, 0.4) is 0 Å². The van der Waals surface area contributed by atoms with Gasteiger partial charge in [0.25, 0.3) is 5.91 Å². The Morgan fingerprint density at radius 1 is 1.04 bits per heavy atom. The number of nitrogens with one attached hydrogen (secondary N) is 1. The van der Waals surface area contributed by atoms with Crippen LogP contribution in [0.4, 0.5) is 0 Å². The minimum atomic E-state index is -1.20. The molecule has 2 aromatic rings. The number of carbonyl (C=O) groups excluding carboxylic acids is 2. The van der Waals surface area contributed by atoms with Gasteiger partial charge in [0.1, 0.15) is 0 Å². The highest BCUT2D eigenvalue weighted by atomic mass is 16.6. The summed E-state index contributed by atoms with van der Waals surface area (Å²) in [6.45, 7) is 2.10. The summed E-state index contributed by atoms with van der Waals surface area (Å²) >= 11 is 0. The summed E-state index contributed by atoms with van der Waals surface area (Å²) in [4.78, 5) is 25.0. The van der Waals surface area contributed by atoms with Crippen LogP contribution in [-0.2, 0) is 27.3 Å². The van der Waals surface area contributed by atoms with Gasteiger partial charge in [0.2, 0.25) is 0 Å². The van der Waals surface area contributed by atoms with Gasteiger partial charge in [-0.1, -0.05) is 66.7 Å². The van der Waals surface area contributed by atoms with E-state index in [2.05, 4.69) is 5.32 Å². The third kappa shape index (κ3) is 3.97. The number of rotatable bonds is 5. The number of amides is 1. The van der Waals surface area contributed by atoms with Gasteiger partial charge in [-0.15, -0.1) is 0 Å². The fourth-order valence-corrected chi connectivity index (χ4v) is 2.89. The second-order valence-electron chi connectivity index (χ2n) is 6.31. The molecule has 0 saturated carbocycles. The molecule has 1 N–H and O–H groups in total. The monoisotopic (exact) mass is 335 g/mol. The molecule has 1 atom stereocenters. The fourth-order valence-electron chi connectivity index (χ4n) is 2.89. The first-order chi connectivity index (χ1) is 12.1. The zero-order valence-corrected chi connectivity index (χ0v) is 14.2. The summed E-state index contributed by atoms with van der Waals surface area (Å²) in [5.74, 6) is -0.700. The summed E-state index contributed by atoms with van der Waals surface area (Å²) in [7, 11) is 0. The minimum Gasteiger partial charge on any atom is -0.445 e. The Morgan fingerprint density at radius 3 is 2.24 bits per heavy atom.